The molecule has 3 aromatic rings. The zero-order valence-corrected chi connectivity index (χ0v) is 23.3. The van der Waals surface area contributed by atoms with E-state index >= 15 is 0 Å². The van der Waals surface area contributed by atoms with Gasteiger partial charge in [-0.1, -0.05) is 0 Å². The molecule has 1 saturated heterocycles. The van der Waals surface area contributed by atoms with Crippen LogP contribution in [0.2, 0.25) is 0 Å². The molecule has 4 rings (SSSR count). The highest BCUT2D eigenvalue weighted by Crippen LogP contribution is 2.35. The zero-order valence-electron chi connectivity index (χ0n) is 23.3. The summed E-state index contributed by atoms with van der Waals surface area (Å²) in [6.45, 7) is 3.72. The molecule has 1 unspecified atom stereocenters. The summed E-state index contributed by atoms with van der Waals surface area (Å²) < 4.78 is 30.4. The first kappa shape index (κ1) is 29.5. The van der Waals surface area contributed by atoms with Gasteiger partial charge in [-0.25, -0.2) is 9.37 Å². The Labute approximate surface area is 234 Å². The zero-order chi connectivity index (χ0) is 28.7. The summed E-state index contributed by atoms with van der Waals surface area (Å²) in [5, 5.41) is 21.1. The normalized spacial score (nSPS) is 15.1. The van der Waals surface area contributed by atoms with Crippen LogP contribution in [0.25, 0.3) is 11.3 Å². The SMILES string of the molecule is COc1cc(C(=O)CCC(O)(CN2CCCC2)c2ccc(OC)c(-c3ccc(F)c(C)c3)n2)ccc1OCCO. The number of nitrogens with zero attached hydrogens (tertiary/aromatic N) is 2. The Morgan fingerprint density at radius 3 is 2.42 bits per heavy atom. The third-order valence-corrected chi connectivity index (χ3v) is 7.27. The molecule has 0 aliphatic carbocycles. The van der Waals surface area contributed by atoms with Crippen LogP contribution < -0.4 is 14.2 Å². The smallest absolute Gasteiger partial charge is 0.163 e. The summed E-state index contributed by atoms with van der Waals surface area (Å²) >= 11 is 0. The second-order valence-electron chi connectivity index (χ2n) is 10.1. The molecule has 1 aromatic heterocycles. The molecule has 2 heterocycles. The molecule has 1 aliphatic heterocycles. The van der Waals surface area contributed by atoms with Gasteiger partial charge in [0.25, 0.3) is 0 Å². The lowest BCUT2D eigenvalue weighted by Gasteiger charge is -2.32. The van der Waals surface area contributed by atoms with Crippen molar-refractivity contribution < 1.29 is 33.6 Å². The molecular weight excluding hydrogens is 515 g/mol. The Hall–Kier alpha value is -3.53. The number of aromatic nitrogens is 1. The summed E-state index contributed by atoms with van der Waals surface area (Å²) in [6, 6.07) is 13.1. The Morgan fingerprint density at radius 1 is 1.02 bits per heavy atom. The number of hydrogen-bond acceptors (Lipinski definition) is 8. The molecule has 9 heteroatoms. The predicted molar refractivity (Wildman–Crippen MR) is 150 cm³/mol. The minimum atomic E-state index is -1.41. The first-order chi connectivity index (χ1) is 19.3. The molecule has 8 nitrogen and oxygen atoms in total. The monoisotopic (exact) mass is 552 g/mol. The Bertz CT molecular complexity index is 1330. The maximum absolute atomic E-state index is 14.0. The molecule has 1 atom stereocenters. The molecule has 1 fully saturated rings. The first-order valence-electron chi connectivity index (χ1n) is 13.5. The number of carbonyl (C=O) groups is 1. The predicted octanol–water partition coefficient (Wildman–Crippen LogP) is 4.53. The van der Waals surface area contributed by atoms with Gasteiger partial charge in [0.1, 0.15) is 29.5 Å². The van der Waals surface area contributed by atoms with E-state index in [0.717, 1.165) is 25.9 Å². The van der Waals surface area contributed by atoms with E-state index in [1.54, 1.807) is 56.5 Å². The Balaban J connectivity index is 1.63. The summed E-state index contributed by atoms with van der Waals surface area (Å²) in [6.07, 6.45) is 2.32. The highest BCUT2D eigenvalue weighted by Gasteiger charge is 2.35. The van der Waals surface area contributed by atoms with Crippen LogP contribution in [0.4, 0.5) is 4.39 Å². The lowest BCUT2D eigenvalue weighted by molar-refractivity contribution is -0.00744. The van der Waals surface area contributed by atoms with Crippen molar-refractivity contribution in [3.8, 4) is 28.5 Å². The minimum absolute atomic E-state index is 0.0725. The van der Waals surface area contributed by atoms with Crippen LogP contribution in [-0.2, 0) is 5.60 Å². The van der Waals surface area contributed by atoms with E-state index < -0.39 is 5.60 Å². The average molecular weight is 553 g/mol. The fourth-order valence-electron chi connectivity index (χ4n) is 5.05. The highest BCUT2D eigenvalue weighted by molar-refractivity contribution is 5.96. The maximum Gasteiger partial charge on any atom is 0.163 e. The standard InChI is InChI=1S/C31H37FN2O6/c1-21-18-23(6-8-24(21)32)30-27(38-2)10-11-29(33-30)31(37,20-34-14-4-5-15-34)13-12-25(36)22-7-9-26(40-17-16-35)28(19-22)39-3/h6-11,18-19,35,37H,4-5,12-17,20H2,1-3H3. The minimum Gasteiger partial charge on any atom is -0.494 e. The van der Waals surface area contributed by atoms with Crippen LogP contribution in [0, 0.1) is 12.7 Å². The van der Waals surface area contributed by atoms with E-state index in [4.69, 9.17) is 24.3 Å². The fraction of sp³-hybridized carbons (Fsp3) is 0.419. The van der Waals surface area contributed by atoms with Gasteiger partial charge in [-0.2, -0.15) is 0 Å². The molecule has 1 aliphatic rings. The number of Topliss-reactive ketones (excluding diaryl/α,β-unsaturated/α-hetero) is 1. The summed E-state index contributed by atoms with van der Waals surface area (Å²) in [5.41, 5.74) is 1.10. The number of hydrogen-bond donors (Lipinski definition) is 2. The van der Waals surface area contributed by atoms with Crippen LogP contribution in [-0.4, -0.2) is 72.9 Å². The van der Waals surface area contributed by atoms with Gasteiger partial charge in [-0.15, -0.1) is 0 Å². The number of halogens is 1. The van der Waals surface area contributed by atoms with Crippen LogP contribution in [0.5, 0.6) is 17.2 Å². The molecule has 2 aromatic carbocycles. The largest absolute Gasteiger partial charge is 0.494 e. The number of aryl methyl sites for hydroxylation is 1. The third-order valence-electron chi connectivity index (χ3n) is 7.27. The van der Waals surface area contributed by atoms with Crippen LogP contribution >= 0.6 is 0 Å². The lowest BCUT2D eigenvalue weighted by atomic mass is 9.89. The topological polar surface area (TPSA) is 101 Å². The maximum atomic E-state index is 14.0. The summed E-state index contributed by atoms with van der Waals surface area (Å²) in [7, 11) is 3.03. The van der Waals surface area contributed by atoms with E-state index in [-0.39, 0.29) is 37.7 Å². The van der Waals surface area contributed by atoms with Crippen LogP contribution in [0.15, 0.2) is 48.5 Å². The van der Waals surface area contributed by atoms with E-state index in [1.807, 2.05) is 0 Å². The van der Waals surface area contributed by atoms with Crippen molar-refractivity contribution in [3.63, 3.8) is 0 Å². The molecule has 2 N–H and O–H groups in total. The van der Waals surface area contributed by atoms with Gasteiger partial charge in [0, 0.05) is 24.1 Å². The van der Waals surface area contributed by atoms with Gasteiger partial charge < -0.3 is 29.3 Å². The van der Waals surface area contributed by atoms with Crippen molar-refractivity contribution >= 4 is 5.78 Å². The van der Waals surface area contributed by atoms with E-state index in [9.17, 15) is 14.3 Å². The molecule has 214 valence electrons. The fourth-order valence-corrected chi connectivity index (χ4v) is 5.05. The molecule has 0 saturated carbocycles. The number of rotatable bonds is 13. The van der Waals surface area contributed by atoms with Crippen molar-refractivity contribution in [2.24, 2.45) is 0 Å². The molecule has 0 spiro atoms. The number of carbonyl (C=O) groups excluding carboxylic acids is 1. The first-order valence-corrected chi connectivity index (χ1v) is 13.5. The molecule has 40 heavy (non-hydrogen) atoms. The molecule has 0 radical (unpaired) electrons. The second kappa shape index (κ2) is 13.2. The van der Waals surface area contributed by atoms with Crippen molar-refractivity contribution in [2.45, 2.75) is 38.2 Å². The quantitative estimate of drug-likeness (QED) is 0.298. The van der Waals surface area contributed by atoms with Crippen LogP contribution in [0.3, 0.4) is 0 Å². The highest BCUT2D eigenvalue weighted by atomic mass is 19.1. The average Bonchev–Trinajstić information content (AvgIpc) is 3.48. The number of methoxy groups -OCH3 is 2. The lowest BCUT2D eigenvalue weighted by Crippen LogP contribution is -2.41. The summed E-state index contributed by atoms with van der Waals surface area (Å²) in [4.78, 5) is 20.3. The molecular formula is C31H37FN2O6. The number of likely N-dealkylation sites (tertiary alicyclic amines) is 1. The van der Waals surface area contributed by atoms with Gasteiger partial charge in [0.05, 0.1) is 26.5 Å². The van der Waals surface area contributed by atoms with Gasteiger partial charge in [0.2, 0.25) is 0 Å². The van der Waals surface area contributed by atoms with E-state index in [0.29, 0.717) is 51.9 Å². The molecule has 0 amide bonds. The van der Waals surface area contributed by atoms with Crippen molar-refractivity contribution in [3.05, 3.63) is 71.2 Å². The number of aliphatic hydroxyl groups is 2. The molecule has 0 bridgehead atoms. The number of ketones is 1. The second-order valence-corrected chi connectivity index (χ2v) is 10.1. The number of pyridine rings is 1. The van der Waals surface area contributed by atoms with Crippen molar-refractivity contribution in [2.75, 3.05) is 47.1 Å². The van der Waals surface area contributed by atoms with E-state index in [1.165, 1.54) is 13.2 Å². The van der Waals surface area contributed by atoms with Gasteiger partial charge in [-0.3, -0.25) is 4.79 Å². The van der Waals surface area contributed by atoms with Crippen molar-refractivity contribution in [1.29, 1.82) is 0 Å². The summed E-state index contributed by atoms with van der Waals surface area (Å²) in [5.74, 6) is 0.861. The number of ether oxygens (including phenoxy) is 3. The third kappa shape index (κ3) is 6.78. The number of β-amino-alcohol motifs (C(OH)–C–C–N with tert-alkyl or cyclic N) is 1. The Kier molecular flexibility index (Phi) is 9.73. The Morgan fingerprint density at radius 2 is 1.75 bits per heavy atom. The van der Waals surface area contributed by atoms with Crippen molar-refractivity contribution in [1.82, 2.24) is 9.88 Å². The van der Waals surface area contributed by atoms with Crippen LogP contribution in [0.1, 0.15) is 47.3 Å². The van der Waals surface area contributed by atoms with Gasteiger partial charge in [0.15, 0.2) is 17.3 Å². The number of benzene rings is 2. The van der Waals surface area contributed by atoms with Gasteiger partial charge >= 0.3 is 0 Å². The van der Waals surface area contributed by atoms with E-state index in [2.05, 4.69) is 4.90 Å². The van der Waals surface area contributed by atoms with Gasteiger partial charge in [-0.05, 0) is 93.4 Å². The number of aliphatic hydroxyl groups excluding tert-OH is 1.